The monoisotopic (exact) mass is 725 g/mol. The number of carbonyl (C=O) groups excluding carboxylic acids is 1. The second-order valence-corrected chi connectivity index (χ2v) is 14.0. The summed E-state index contributed by atoms with van der Waals surface area (Å²) in [6.07, 6.45) is 1.21. The molecule has 2 N–H and O–H groups in total. The molecule has 0 spiro atoms. The van der Waals surface area contributed by atoms with E-state index in [1.54, 1.807) is 40.0 Å². The van der Waals surface area contributed by atoms with Crippen LogP contribution < -0.4 is 15.0 Å². The number of rotatable bonds is 2. The number of aliphatic hydroxyl groups is 1. The summed E-state index contributed by atoms with van der Waals surface area (Å²) in [4.78, 5) is 16.2. The predicted octanol–water partition coefficient (Wildman–Crippen LogP) is 7.74. The maximum Gasteiger partial charge on any atom is 0.416 e. The summed E-state index contributed by atoms with van der Waals surface area (Å²) in [5.41, 5.74) is 3.74. The van der Waals surface area contributed by atoms with Crippen molar-refractivity contribution in [3.63, 3.8) is 0 Å². The van der Waals surface area contributed by atoms with Gasteiger partial charge in [-0.3, -0.25) is 4.79 Å². The van der Waals surface area contributed by atoms with E-state index in [9.17, 15) is 13.2 Å². The first-order valence-electron chi connectivity index (χ1n) is 17.3. The molecule has 0 aliphatic carbocycles. The number of hydrogen-bond acceptors (Lipinski definition) is 9. The lowest BCUT2D eigenvalue weighted by Crippen LogP contribution is -2.45. The number of benzene rings is 2. The first-order valence-corrected chi connectivity index (χ1v) is 17.3. The van der Waals surface area contributed by atoms with Crippen molar-refractivity contribution in [2.24, 2.45) is 0 Å². The van der Waals surface area contributed by atoms with Gasteiger partial charge in [0.1, 0.15) is 11.6 Å². The summed E-state index contributed by atoms with van der Waals surface area (Å²) in [5, 5.41) is 16.7. The molecule has 0 amide bonds. The van der Waals surface area contributed by atoms with Gasteiger partial charge in [0.15, 0.2) is 11.9 Å². The molecule has 282 valence electrons. The van der Waals surface area contributed by atoms with Crippen LogP contribution >= 0.6 is 0 Å². The van der Waals surface area contributed by atoms with Crippen LogP contribution in [0.2, 0.25) is 0 Å². The lowest BCUT2D eigenvalue weighted by atomic mass is 9.93. The SMILES string of the molecule is CC(C)(C)O.CCc1c(C)nc2cc3nn2c1N1CCC(C)(CC1)OC/C=C\NC(C)Oc1ccc(C(F)(F)F)cc1-c1cccc-3c1.COC=O. The van der Waals surface area contributed by atoms with E-state index >= 15 is 0 Å². The van der Waals surface area contributed by atoms with E-state index in [2.05, 4.69) is 28.8 Å². The van der Waals surface area contributed by atoms with E-state index in [0.717, 1.165) is 72.8 Å². The fraction of sp³-hybridized carbons (Fsp3) is 0.462. The molecular formula is C39H50F3N5O5. The Morgan fingerprint density at radius 3 is 2.37 bits per heavy atom. The van der Waals surface area contributed by atoms with Gasteiger partial charge in [-0.05, 0) is 103 Å². The summed E-state index contributed by atoms with van der Waals surface area (Å²) in [6.45, 7) is 15.8. The quantitative estimate of drug-likeness (QED) is 0.201. The van der Waals surface area contributed by atoms with Crippen molar-refractivity contribution in [3.05, 3.63) is 77.6 Å². The van der Waals surface area contributed by atoms with Gasteiger partial charge in [0.05, 0.1) is 36.2 Å². The maximum absolute atomic E-state index is 13.8. The van der Waals surface area contributed by atoms with Crippen molar-refractivity contribution >= 4 is 17.9 Å². The zero-order chi connectivity index (χ0) is 38.3. The van der Waals surface area contributed by atoms with Crippen LogP contribution in [0.3, 0.4) is 0 Å². The molecule has 1 atom stereocenters. The fourth-order valence-electron chi connectivity index (χ4n) is 5.96. The minimum atomic E-state index is -4.49. The smallest absolute Gasteiger partial charge is 0.416 e. The van der Waals surface area contributed by atoms with Crippen molar-refractivity contribution < 1.29 is 37.3 Å². The number of alkyl halides is 3. The van der Waals surface area contributed by atoms with Crippen molar-refractivity contribution in [1.82, 2.24) is 19.9 Å². The average Bonchev–Trinajstić information content (AvgIpc) is 3.50. The van der Waals surface area contributed by atoms with Crippen molar-refractivity contribution in [2.45, 2.75) is 91.3 Å². The molecule has 4 aromatic rings. The predicted molar refractivity (Wildman–Crippen MR) is 196 cm³/mol. The molecule has 2 aromatic heterocycles. The third-order valence-corrected chi connectivity index (χ3v) is 8.51. The fourth-order valence-corrected chi connectivity index (χ4v) is 5.96. The second-order valence-electron chi connectivity index (χ2n) is 14.0. The van der Waals surface area contributed by atoms with E-state index in [4.69, 9.17) is 29.5 Å². The highest BCUT2D eigenvalue weighted by molar-refractivity contribution is 5.77. The highest BCUT2D eigenvalue weighted by Gasteiger charge is 2.34. The number of hydrogen-bond donors (Lipinski definition) is 2. The van der Waals surface area contributed by atoms with E-state index in [1.807, 2.05) is 41.8 Å². The Hall–Kier alpha value is -4.62. The molecule has 1 fully saturated rings. The number of aryl methyl sites for hydroxylation is 1. The van der Waals surface area contributed by atoms with Crippen LogP contribution in [-0.2, 0) is 26.9 Å². The second kappa shape index (κ2) is 16.8. The number of nitrogens with one attached hydrogen (secondary N) is 1. The number of fused-ring (bicyclic) bond motifs is 7. The third-order valence-electron chi connectivity index (χ3n) is 8.51. The minimum Gasteiger partial charge on any atom is -0.471 e. The molecule has 6 bridgehead atoms. The number of carbonyl (C=O) groups is 1. The lowest BCUT2D eigenvalue weighted by molar-refractivity contribution is -0.137. The van der Waals surface area contributed by atoms with Crippen LogP contribution in [0, 0.1) is 6.92 Å². The molecule has 3 aliphatic heterocycles. The molecular weight excluding hydrogens is 675 g/mol. The van der Waals surface area contributed by atoms with Gasteiger partial charge in [-0.2, -0.15) is 22.8 Å². The lowest BCUT2D eigenvalue weighted by Gasteiger charge is -2.40. The standard InChI is InChI=1S/C33H36F3N5O2.C4H10O.C2H4O2/c1-5-26-21(2)38-30-20-28-24-9-6-8-23(18-24)27-19-25(33(34,35)36)10-11-29(27)43-22(3)37-14-7-17-42-32(4)12-15-40(16-13-32)31(26)41(30)39-28;1-4(2,3)5;1-4-2-3/h6-11,14,18-20,22,37H,5,12-13,15-17H2,1-4H3;5H,1-3H3;2H,1H3/b14-7-;;. The molecule has 1 saturated heterocycles. The summed E-state index contributed by atoms with van der Waals surface area (Å²) in [7, 11) is 1.31. The van der Waals surface area contributed by atoms with Crippen LogP contribution in [0.15, 0.2) is 60.8 Å². The van der Waals surface area contributed by atoms with Crippen LogP contribution in [-0.4, -0.2) is 70.4 Å². The van der Waals surface area contributed by atoms with E-state index in [1.165, 1.54) is 13.2 Å². The largest absolute Gasteiger partial charge is 0.471 e. The van der Waals surface area contributed by atoms with Gasteiger partial charge in [-0.25, -0.2) is 4.98 Å². The van der Waals surface area contributed by atoms with Gasteiger partial charge < -0.3 is 29.5 Å². The Bertz CT molecular complexity index is 1840. The first-order chi connectivity index (χ1) is 24.5. The number of anilines is 1. The minimum absolute atomic E-state index is 0.262. The van der Waals surface area contributed by atoms with Crippen LogP contribution in [0.25, 0.3) is 28.0 Å². The number of halogens is 3. The highest BCUT2D eigenvalue weighted by atomic mass is 19.4. The van der Waals surface area contributed by atoms with Crippen LogP contribution in [0.5, 0.6) is 5.75 Å². The Kier molecular flexibility index (Phi) is 13.0. The highest BCUT2D eigenvalue weighted by Crippen LogP contribution is 2.39. The summed E-state index contributed by atoms with van der Waals surface area (Å²) < 4.78 is 59.5. The Balaban J connectivity index is 0.000000603. The molecule has 7 rings (SSSR count). The third kappa shape index (κ3) is 10.5. The molecule has 1 unspecified atom stereocenters. The zero-order valence-electron chi connectivity index (χ0n) is 31.2. The molecule has 13 heteroatoms. The van der Waals surface area contributed by atoms with E-state index in [-0.39, 0.29) is 5.60 Å². The van der Waals surface area contributed by atoms with Crippen molar-refractivity contribution in [3.8, 4) is 28.1 Å². The van der Waals surface area contributed by atoms with Crippen LogP contribution in [0.4, 0.5) is 19.0 Å². The number of methoxy groups -OCH3 is 1. The van der Waals surface area contributed by atoms with Crippen molar-refractivity contribution in [2.75, 3.05) is 31.7 Å². The van der Waals surface area contributed by atoms with Crippen molar-refractivity contribution in [1.29, 1.82) is 0 Å². The Morgan fingerprint density at radius 1 is 1.10 bits per heavy atom. The van der Waals surface area contributed by atoms with E-state index in [0.29, 0.717) is 35.6 Å². The van der Waals surface area contributed by atoms with Gasteiger partial charge in [0.2, 0.25) is 0 Å². The molecule has 5 heterocycles. The van der Waals surface area contributed by atoms with Gasteiger partial charge in [0.25, 0.3) is 6.47 Å². The van der Waals surface area contributed by atoms with Crippen LogP contribution in [0.1, 0.15) is 71.2 Å². The number of aromatic nitrogens is 3. The number of piperidine rings is 1. The molecule has 3 aliphatic rings. The van der Waals surface area contributed by atoms with Gasteiger partial charge in [0, 0.05) is 41.5 Å². The van der Waals surface area contributed by atoms with Gasteiger partial charge in [-0.1, -0.05) is 25.1 Å². The van der Waals surface area contributed by atoms with E-state index < -0.39 is 23.6 Å². The first kappa shape index (κ1) is 40.2. The number of ether oxygens (including phenoxy) is 3. The number of nitrogens with zero attached hydrogens (tertiary/aromatic N) is 4. The summed E-state index contributed by atoms with van der Waals surface area (Å²) in [6, 6.07) is 12.9. The summed E-state index contributed by atoms with van der Waals surface area (Å²) in [5.74, 6) is 1.37. The molecule has 10 nitrogen and oxygen atoms in total. The Morgan fingerprint density at radius 2 is 1.75 bits per heavy atom. The molecule has 52 heavy (non-hydrogen) atoms. The zero-order valence-corrected chi connectivity index (χ0v) is 31.2. The summed E-state index contributed by atoms with van der Waals surface area (Å²) >= 11 is 0. The molecule has 0 saturated carbocycles. The van der Waals surface area contributed by atoms with Gasteiger partial charge in [-0.15, -0.1) is 0 Å². The topological polar surface area (TPSA) is 110 Å². The normalized spacial score (nSPS) is 19.5. The maximum atomic E-state index is 13.8. The Labute approximate surface area is 303 Å². The molecule has 0 radical (unpaired) electrons. The molecule has 2 aromatic carbocycles. The van der Waals surface area contributed by atoms with Gasteiger partial charge >= 0.3 is 6.18 Å². The average molecular weight is 726 g/mol.